The quantitative estimate of drug-likeness (QED) is 0.392. The second-order valence-electron chi connectivity index (χ2n) is 6.36. The molecule has 1 aliphatic heterocycles. The molecule has 0 unspecified atom stereocenters. The number of para-hydroxylation sites is 2. The molecule has 3 nitrogen and oxygen atoms in total. The average Bonchev–Trinajstić information content (AvgIpc) is 3.18. The van der Waals surface area contributed by atoms with Crippen LogP contribution < -0.4 is 4.74 Å². The Labute approximate surface area is 166 Å². The highest BCUT2D eigenvalue weighted by Gasteiger charge is 2.22. The SMILES string of the molecule is N#CC(=C1C=C(c2ccccc2)Oc2ccccc21)c1nc2ccccc2s1. The number of aromatic nitrogens is 1. The minimum atomic E-state index is 0.561. The number of allylic oxidation sites excluding steroid dienone is 3. The lowest BCUT2D eigenvalue weighted by atomic mass is 9.95. The Morgan fingerprint density at radius 3 is 2.46 bits per heavy atom. The number of ether oxygens (including phenoxy) is 1. The molecule has 0 N–H and O–H groups in total. The van der Waals surface area contributed by atoms with Crippen molar-refractivity contribution in [2.75, 3.05) is 0 Å². The molecule has 0 amide bonds. The van der Waals surface area contributed by atoms with Crippen LogP contribution in [-0.4, -0.2) is 4.98 Å². The third-order valence-corrected chi connectivity index (χ3v) is 5.67. The van der Waals surface area contributed by atoms with E-state index in [0.29, 0.717) is 5.57 Å². The third-order valence-electron chi connectivity index (χ3n) is 4.62. The molecule has 5 rings (SSSR count). The average molecular weight is 378 g/mol. The highest BCUT2D eigenvalue weighted by atomic mass is 32.1. The maximum absolute atomic E-state index is 10.0. The number of rotatable bonds is 2. The van der Waals surface area contributed by atoms with Crippen LogP contribution in [0.15, 0.2) is 84.9 Å². The predicted molar refractivity (Wildman–Crippen MR) is 114 cm³/mol. The van der Waals surface area contributed by atoms with Crippen LogP contribution in [0.5, 0.6) is 5.75 Å². The van der Waals surface area contributed by atoms with Gasteiger partial charge in [-0.2, -0.15) is 5.26 Å². The number of nitrogens with zero attached hydrogens (tertiary/aromatic N) is 2. The molecule has 0 radical (unpaired) electrons. The minimum Gasteiger partial charge on any atom is -0.456 e. The summed E-state index contributed by atoms with van der Waals surface area (Å²) in [6.45, 7) is 0. The molecule has 4 aromatic rings. The highest BCUT2D eigenvalue weighted by molar-refractivity contribution is 7.19. The van der Waals surface area contributed by atoms with Gasteiger partial charge in [0.1, 0.15) is 22.6 Å². The molecule has 2 heterocycles. The number of hydrogen-bond acceptors (Lipinski definition) is 4. The van der Waals surface area contributed by atoms with E-state index < -0.39 is 0 Å². The number of benzene rings is 3. The zero-order chi connectivity index (χ0) is 18.9. The molecule has 0 aliphatic carbocycles. The van der Waals surface area contributed by atoms with E-state index >= 15 is 0 Å². The summed E-state index contributed by atoms with van der Waals surface area (Å²) < 4.78 is 7.21. The van der Waals surface area contributed by atoms with Crippen molar-refractivity contribution in [2.45, 2.75) is 0 Å². The van der Waals surface area contributed by atoms with Gasteiger partial charge in [0.2, 0.25) is 0 Å². The van der Waals surface area contributed by atoms with Crippen molar-refractivity contribution < 1.29 is 4.74 Å². The first-order valence-corrected chi connectivity index (χ1v) is 9.70. The smallest absolute Gasteiger partial charge is 0.135 e. The van der Waals surface area contributed by atoms with Crippen molar-refractivity contribution in [3.8, 4) is 11.8 Å². The van der Waals surface area contributed by atoms with Crippen molar-refractivity contribution in [3.05, 3.63) is 101 Å². The van der Waals surface area contributed by atoms with Gasteiger partial charge in [-0.25, -0.2) is 4.98 Å². The van der Waals surface area contributed by atoms with Gasteiger partial charge in [-0.05, 0) is 24.3 Å². The van der Waals surface area contributed by atoms with Crippen LogP contribution in [0.3, 0.4) is 0 Å². The van der Waals surface area contributed by atoms with Crippen LogP contribution in [0.1, 0.15) is 16.1 Å². The zero-order valence-electron chi connectivity index (χ0n) is 14.8. The van der Waals surface area contributed by atoms with Crippen molar-refractivity contribution in [2.24, 2.45) is 0 Å². The summed E-state index contributed by atoms with van der Waals surface area (Å²) in [4.78, 5) is 4.70. The Kier molecular flexibility index (Phi) is 4.01. The van der Waals surface area contributed by atoms with E-state index in [2.05, 4.69) is 6.07 Å². The number of fused-ring (bicyclic) bond motifs is 2. The molecular formula is C24H14N2OS. The zero-order valence-corrected chi connectivity index (χ0v) is 15.6. The summed E-state index contributed by atoms with van der Waals surface area (Å²) in [5.41, 5.74) is 4.17. The summed E-state index contributed by atoms with van der Waals surface area (Å²) >= 11 is 1.53. The molecule has 0 saturated heterocycles. The maximum atomic E-state index is 10.0. The summed E-state index contributed by atoms with van der Waals surface area (Å²) in [6, 6.07) is 28.1. The van der Waals surface area contributed by atoms with Gasteiger partial charge < -0.3 is 4.74 Å². The standard InChI is InChI=1S/C24H14N2OS/c25-15-19(24-26-20-11-5-7-13-23(20)28-24)18-14-22(16-8-2-1-3-9-16)27-21-12-6-4-10-17(18)21/h1-14H. The molecule has 0 saturated carbocycles. The summed E-state index contributed by atoms with van der Waals surface area (Å²) in [5, 5.41) is 10.7. The summed E-state index contributed by atoms with van der Waals surface area (Å²) in [6.07, 6.45) is 1.95. The first-order chi connectivity index (χ1) is 13.8. The topological polar surface area (TPSA) is 45.9 Å². The van der Waals surface area contributed by atoms with Crippen molar-refractivity contribution >= 4 is 38.5 Å². The van der Waals surface area contributed by atoms with Crippen LogP contribution in [0, 0.1) is 11.3 Å². The lowest BCUT2D eigenvalue weighted by Gasteiger charge is -2.21. The minimum absolute atomic E-state index is 0.561. The van der Waals surface area contributed by atoms with E-state index in [4.69, 9.17) is 9.72 Å². The third kappa shape index (κ3) is 2.79. The first kappa shape index (κ1) is 16.5. The van der Waals surface area contributed by atoms with E-state index in [1.807, 2.05) is 84.9 Å². The van der Waals surface area contributed by atoms with Crippen LogP contribution >= 0.6 is 11.3 Å². The molecule has 132 valence electrons. The fraction of sp³-hybridized carbons (Fsp3) is 0. The molecule has 4 heteroatoms. The number of hydrogen-bond donors (Lipinski definition) is 0. The molecular weight excluding hydrogens is 364 g/mol. The van der Waals surface area contributed by atoms with E-state index in [0.717, 1.165) is 43.4 Å². The van der Waals surface area contributed by atoms with Gasteiger partial charge in [-0.1, -0.05) is 60.7 Å². The van der Waals surface area contributed by atoms with Gasteiger partial charge >= 0.3 is 0 Å². The Hall–Kier alpha value is -3.68. The summed E-state index contributed by atoms with van der Waals surface area (Å²) in [5.74, 6) is 1.47. The molecule has 0 spiro atoms. The van der Waals surface area contributed by atoms with Crippen LogP contribution in [0.25, 0.3) is 27.1 Å². The Bertz CT molecular complexity index is 1260. The van der Waals surface area contributed by atoms with Gasteiger partial charge in [0.05, 0.1) is 15.8 Å². The van der Waals surface area contributed by atoms with Crippen molar-refractivity contribution in [3.63, 3.8) is 0 Å². The molecule has 1 aliphatic rings. The Balaban J connectivity index is 1.76. The monoisotopic (exact) mass is 378 g/mol. The molecule has 1 aromatic heterocycles. The lowest BCUT2D eigenvalue weighted by molar-refractivity contribution is 0.509. The fourth-order valence-electron chi connectivity index (χ4n) is 3.29. The maximum Gasteiger partial charge on any atom is 0.135 e. The van der Waals surface area contributed by atoms with Crippen LogP contribution in [0.2, 0.25) is 0 Å². The molecule has 0 atom stereocenters. The van der Waals surface area contributed by atoms with E-state index in [-0.39, 0.29) is 0 Å². The second-order valence-corrected chi connectivity index (χ2v) is 7.39. The summed E-state index contributed by atoms with van der Waals surface area (Å²) in [7, 11) is 0. The van der Waals surface area contributed by atoms with E-state index in [1.165, 1.54) is 11.3 Å². The molecule has 0 bridgehead atoms. The molecule has 28 heavy (non-hydrogen) atoms. The van der Waals surface area contributed by atoms with Gasteiger partial charge in [-0.3, -0.25) is 0 Å². The number of thiazole rings is 1. The molecule has 3 aromatic carbocycles. The van der Waals surface area contributed by atoms with Crippen LogP contribution in [0.4, 0.5) is 0 Å². The molecule has 0 fully saturated rings. The van der Waals surface area contributed by atoms with Crippen LogP contribution in [-0.2, 0) is 0 Å². The Morgan fingerprint density at radius 2 is 1.64 bits per heavy atom. The van der Waals surface area contributed by atoms with E-state index in [1.54, 1.807) is 0 Å². The van der Waals surface area contributed by atoms with Gasteiger partial charge in [0.15, 0.2) is 0 Å². The first-order valence-electron chi connectivity index (χ1n) is 8.88. The lowest BCUT2D eigenvalue weighted by Crippen LogP contribution is -2.04. The normalized spacial score (nSPS) is 14.6. The Morgan fingerprint density at radius 1 is 0.893 bits per heavy atom. The van der Waals surface area contributed by atoms with Gasteiger partial charge in [-0.15, -0.1) is 11.3 Å². The largest absolute Gasteiger partial charge is 0.456 e. The second kappa shape index (κ2) is 6.80. The number of nitriles is 1. The van der Waals surface area contributed by atoms with Gasteiger partial charge in [0.25, 0.3) is 0 Å². The fourth-order valence-corrected chi connectivity index (χ4v) is 4.26. The van der Waals surface area contributed by atoms with Crippen molar-refractivity contribution in [1.82, 2.24) is 4.98 Å². The van der Waals surface area contributed by atoms with E-state index in [9.17, 15) is 5.26 Å². The van der Waals surface area contributed by atoms with Gasteiger partial charge in [0, 0.05) is 16.7 Å². The highest BCUT2D eigenvalue weighted by Crippen LogP contribution is 2.41. The predicted octanol–water partition coefficient (Wildman–Crippen LogP) is 6.16. The van der Waals surface area contributed by atoms with Crippen molar-refractivity contribution in [1.29, 1.82) is 5.26 Å².